The molecule has 0 spiro atoms. The molecule has 2 atom stereocenters. The first kappa shape index (κ1) is 26.8. The number of halogens is 2. The van der Waals surface area contributed by atoms with Gasteiger partial charge in [0, 0.05) is 18.1 Å². The molecule has 36 heavy (non-hydrogen) atoms. The summed E-state index contributed by atoms with van der Waals surface area (Å²) in [7, 11) is 3.92. The molecule has 0 saturated heterocycles. The van der Waals surface area contributed by atoms with E-state index < -0.39 is 35.4 Å². The first-order valence-electron chi connectivity index (χ1n) is 10.4. The van der Waals surface area contributed by atoms with Crippen LogP contribution in [0.1, 0.15) is 11.5 Å². The Morgan fingerprint density at radius 3 is 2.50 bits per heavy atom. The van der Waals surface area contributed by atoms with Crippen LogP contribution in [-0.4, -0.2) is 44.9 Å². The summed E-state index contributed by atoms with van der Waals surface area (Å²) in [4.78, 5) is 38.0. The molecule has 2 N–H and O–H groups in total. The second-order valence-electron chi connectivity index (χ2n) is 7.37. The second kappa shape index (κ2) is 11.8. The van der Waals surface area contributed by atoms with Gasteiger partial charge in [-0.1, -0.05) is 41.6 Å². The number of anilines is 1. The molecule has 0 aliphatic carbocycles. The number of thioether (sulfide) groups is 1. The molecule has 0 unspecified atom stereocenters. The molecular weight excluding hydrogens is 513 g/mol. The zero-order valence-electron chi connectivity index (χ0n) is 19.4. The fraction of sp³-hybridized carbons (Fsp3) is 0.250. The zero-order valence-corrected chi connectivity index (χ0v) is 21.0. The van der Waals surface area contributed by atoms with Crippen LogP contribution in [0.2, 0.25) is 5.02 Å². The van der Waals surface area contributed by atoms with Gasteiger partial charge >= 0.3 is 5.97 Å². The summed E-state index contributed by atoms with van der Waals surface area (Å²) in [5.74, 6) is -5.22. The number of nitrogens with one attached hydrogen (secondary N) is 2. The van der Waals surface area contributed by atoms with Crippen molar-refractivity contribution < 1.29 is 33.0 Å². The number of nitrogens with zero attached hydrogens (tertiary/aromatic N) is 1. The highest BCUT2D eigenvalue weighted by molar-refractivity contribution is 8.03. The van der Waals surface area contributed by atoms with E-state index in [4.69, 9.17) is 25.8 Å². The first-order valence-corrected chi connectivity index (χ1v) is 11.7. The highest BCUT2D eigenvalue weighted by atomic mass is 35.5. The van der Waals surface area contributed by atoms with Crippen LogP contribution in [0.25, 0.3) is 0 Å². The molecule has 2 aromatic carbocycles. The van der Waals surface area contributed by atoms with Gasteiger partial charge in [-0.2, -0.15) is 5.26 Å². The van der Waals surface area contributed by atoms with Crippen molar-refractivity contribution in [3.63, 3.8) is 0 Å². The molecule has 1 heterocycles. The first-order chi connectivity index (χ1) is 17.2. The predicted molar refractivity (Wildman–Crippen MR) is 131 cm³/mol. The van der Waals surface area contributed by atoms with Crippen LogP contribution in [0, 0.1) is 23.1 Å². The topological polar surface area (TPSA) is 127 Å². The summed E-state index contributed by atoms with van der Waals surface area (Å²) in [6, 6.07) is 10.5. The number of nitriles is 1. The van der Waals surface area contributed by atoms with Crippen molar-refractivity contribution in [2.24, 2.45) is 5.92 Å². The quantitative estimate of drug-likeness (QED) is 0.389. The lowest BCUT2D eigenvalue weighted by molar-refractivity contribution is -0.150. The van der Waals surface area contributed by atoms with E-state index in [1.54, 1.807) is 0 Å². The molecule has 1 aliphatic rings. The lowest BCUT2D eigenvalue weighted by atomic mass is 9.78. The van der Waals surface area contributed by atoms with Crippen molar-refractivity contribution >= 4 is 46.8 Å². The summed E-state index contributed by atoms with van der Waals surface area (Å²) >= 11 is 6.94. The smallest absolute Gasteiger partial charge is 0.319 e. The van der Waals surface area contributed by atoms with Crippen LogP contribution in [0.5, 0.6) is 11.5 Å². The second-order valence-corrected chi connectivity index (χ2v) is 8.76. The standard InChI is InChI=1S/C24H21ClFN3O6S/c1-33-17-9-16(18(34-2)8-14(17)25)28-19(30)11-36-23-13(10-27)20(12-6-4-5-7-15(12)26)21(22(31)29-23)24(32)35-3/h4-9,20-21H,11H2,1-3H3,(H,28,30)(H,29,31)/t20-,21-/m0/s1. The molecule has 0 saturated carbocycles. The summed E-state index contributed by atoms with van der Waals surface area (Å²) in [6.07, 6.45) is 0. The third-order valence-electron chi connectivity index (χ3n) is 5.32. The van der Waals surface area contributed by atoms with Crippen LogP contribution in [-0.2, 0) is 19.1 Å². The predicted octanol–water partition coefficient (Wildman–Crippen LogP) is 3.61. The molecule has 2 aromatic rings. The van der Waals surface area contributed by atoms with Gasteiger partial charge in [0.1, 0.15) is 23.2 Å². The van der Waals surface area contributed by atoms with Crippen molar-refractivity contribution in [2.45, 2.75) is 5.92 Å². The Balaban J connectivity index is 1.91. The SMILES string of the molecule is COC(=O)[C@@H]1C(=O)NC(SCC(=O)Nc2cc(OC)c(Cl)cc2OC)=C(C#N)[C@@H]1c1ccccc1F. The molecule has 188 valence electrons. The fourth-order valence-corrected chi connectivity index (χ4v) is 4.74. The molecule has 12 heteroatoms. The third-order valence-corrected chi connectivity index (χ3v) is 6.63. The number of carbonyl (C=O) groups is 3. The molecule has 0 aromatic heterocycles. The third kappa shape index (κ3) is 5.56. The van der Waals surface area contributed by atoms with Crippen LogP contribution in [0.15, 0.2) is 47.0 Å². The molecule has 1 aliphatic heterocycles. The Bertz CT molecular complexity index is 1280. The Labute approximate surface area is 215 Å². The van der Waals surface area contributed by atoms with Crippen LogP contribution >= 0.6 is 23.4 Å². The lowest BCUT2D eigenvalue weighted by Gasteiger charge is -2.31. The number of esters is 1. The number of methoxy groups -OCH3 is 3. The normalized spacial score (nSPS) is 17.1. The van der Waals surface area contributed by atoms with Crippen molar-refractivity contribution in [2.75, 3.05) is 32.4 Å². The number of carbonyl (C=O) groups excluding carboxylic acids is 3. The number of allylic oxidation sites excluding steroid dienone is 1. The van der Waals surface area contributed by atoms with E-state index in [2.05, 4.69) is 10.6 Å². The Morgan fingerprint density at radius 2 is 1.89 bits per heavy atom. The Kier molecular flexibility index (Phi) is 8.79. The number of hydrogen-bond acceptors (Lipinski definition) is 8. The van der Waals surface area contributed by atoms with E-state index in [0.717, 1.165) is 18.9 Å². The van der Waals surface area contributed by atoms with Gasteiger partial charge in [0.15, 0.2) is 0 Å². The van der Waals surface area contributed by atoms with E-state index in [9.17, 15) is 24.0 Å². The fourth-order valence-electron chi connectivity index (χ4n) is 3.67. The summed E-state index contributed by atoms with van der Waals surface area (Å²) in [6.45, 7) is 0. The maximum Gasteiger partial charge on any atom is 0.319 e. The number of benzene rings is 2. The van der Waals surface area contributed by atoms with Crippen molar-refractivity contribution in [1.82, 2.24) is 5.32 Å². The van der Waals surface area contributed by atoms with E-state index in [1.165, 1.54) is 50.6 Å². The highest BCUT2D eigenvalue weighted by Gasteiger charge is 2.45. The Morgan fingerprint density at radius 1 is 1.19 bits per heavy atom. The van der Waals surface area contributed by atoms with Gasteiger partial charge in [-0.25, -0.2) is 4.39 Å². The number of rotatable bonds is 8. The summed E-state index contributed by atoms with van der Waals surface area (Å²) in [5.41, 5.74) is 0.208. The van der Waals surface area contributed by atoms with Crippen molar-refractivity contribution in [3.8, 4) is 17.6 Å². The monoisotopic (exact) mass is 533 g/mol. The van der Waals surface area contributed by atoms with Gasteiger partial charge in [0.05, 0.1) is 54.5 Å². The summed E-state index contributed by atoms with van der Waals surface area (Å²) in [5, 5.41) is 15.4. The largest absolute Gasteiger partial charge is 0.495 e. The Hall–Kier alpha value is -3.75. The molecule has 2 amide bonds. The minimum absolute atomic E-state index is 0.0140. The van der Waals surface area contributed by atoms with E-state index >= 15 is 0 Å². The van der Waals surface area contributed by atoms with Gasteiger partial charge in [-0.3, -0.25) is 14.4 Å². The van der Waals surface area contributed by atoms with E-state index in [0.29, 0.717) is 17.2 Å². The van der Waals surface area contributed by atoms with Gasteiger partial charge < -0.3 is 24.8 Å². The average Bonchev–Trinajstić information content (AvgIpc) is 2.87. The minimum Gasteiger partial charge on any atom is -0.495 e. The van der Waals surface area contributed by atoms with Crippen LogP contribution in [0.3, 0.4) is 0 Å². The molecule has 0 fully saturated rings. The van der Waals surface area contributed by atoms with Crippen LogP contribution in [0.4, 0.5) is 10.1 Å². The maximum atomic E-state index is 14.7. The van der Waals surface area contributed by atoms with Gasteiger partial charge in [-0.15, -0.1) is 0 Å². The average molecular weight is 534 g/mol. The van der Waals surface area contributed by atoms with Crippen molar-refractivity contribution in [1.29, 1.82) is 5.26 Å². The van der Waals surface area contributed by atoms with Crippen molar-refractivity contribution in [3.05, 3.63) is 63.4 Å². The minimum atomic E-state index is -1.48. The van der Waals surface area contributed by atoms with Gasteiger partial charge in [0.2, 0.25) is 11.8 Å². The molecule has 9 nitrogen and oxygen atoms in total. The van der Waals surface area contributed by atoms with E-state index in [-0.39, 0.29) is 26.9 Å². The van der Waals surface area contributed by atoms with Crippen LogP contribution < -0.4 is 20.1 Å². The number of amides is 2. The maximum absolute atomic E-state index is 14.7. The molecular formula is C24H21ClFN3O6S. The molecule has 0 radical (unpaired) electrons. The molecule has 3 rings (SSSR count). The number of hydrogen-bond donors (Lipinski definition) is 2. The van der Waals surface area contributed by atoms with Gasteiger partial charge in [-0.05, 0) is 11.6 Å². The van der Waals surface area contributed by atoms with Gasteiger partial charge in [0.25, 0.3) is 0 Å². The zero-order chi connectivity index (χ0) is 26.4. The summed E-state index contributed by atoms with van der Waals surface area (Å²) < 4.78 is 29.8. The number of ether oxygens (including phenoxy) is 3. The molecule has 0 bridgehead atoms. The lowest BCUT2D eigenvalue weighted by Crippen LogP contribution is -2.44. The van der Waals surface area contributed by atoms with E-state index in [1.807, 2.05) is 6.07 Å². The highest BCUT2D eigenvalue weighted by Crippen LogP contribution is 2.41.